The van der Waals surface area contributed by atoms with Crippen molar-refractivity contribution >= 4 is 5.91 Å². The maximum atomic E-state index is 12.8. The Bertz CT molecular complexity index is 497. The SMILES string of the molecule is CN1CCN(CC[C@H]2CCCCN2C(=O)c2ccccc2)CC1. The highest BCUT2D eigenvalue weighted by Crippen LogP contribution is 2.22. The first-order chi connectivity index (χ1) is 11.2. The lowest BCUT2D eigenvalue weighted by Crippen LogP contribution is -2.48. The number of carbonyl (C=O) groups excluding carboxylic acids is 1. The fraction of sp³-hybridized carbons (Fsp3) is 0.632. The van der Waals surface area contributed by atoms with Crippen molar-refractivity contribution < 1.29 is 4.79 Å². The van der Waals surface area contributed by atoms with Crippen LogP contribution >= 0.6 is 0 Å². The van der Waals surface area contributed by atoms with Gasteiger partial charge in [-0.2, -0.15) is 0 Å². The van der Waals surface area contributed by atoms with Crippen LogP contribution in [0.1, 0.15) is 36.0 Å². The van der Waals surface area contributed by atoms with Crippen LogP contribution in [0.5, 0.6) is 0 Å². The zero-order valence-electron chi connectivity index (χ0n) is 14.3. The highest BCUT2D eigenvalue weighted by atomic mass is 16.2. The second-order valence-electron chi connectivity index (χ2n) is 6.95. The molecule has 0 saturated carbocycles. The van der Waals surface area contributed by atoms with Crippen molar-refractivity contribution in [2.45, 2.75) is 31.7 Å². The third kappa shape index (κ3) is 4.33. The molecule has 1 amide bonds. The molecule has 0 aliphatic carbocycles. The predicted octanol–water partition coefficient (Wildman–Crippen LogP) is 2.32. The van der Waals surface area contributed by atoms with Gasteiger partial charge >= 0.3 is 0 Å². The quantitative estimate of drug-likeness (QED) is 0.853. The summed E-state index contributed by atoms with van der Waals surface area (Å²) in [6.07, 6.45) is 4.67. The third-order valence-corrected chi connectivity index (χ3v) is 5.28. The van der Waals surface area contributed by atoms with E-state index in [1.54, 1.807) is 0 Å². The number of amides is 1. The molecule has 0 radical (unpaired) electrons. The summed E-state index contributed by atoms with van der Waals surface area (Å²) in [6, 6.07) is 10.2. The standard InChI is InChI=1S/C19H29N3O/c1-20-13-15-21(16-14-20)12-10-18-9-5-6-11-22(18)19(23)17-7-3-2-4-8-17/h2-4,7-8,18H,5-6,9-16H2,1H3/t18-/m1/s1. The molecule has 2 saturated heterocycles. The summed E-state index contributed by atoms with van der Waals surface area (Å²) in [5.74, 6) is 0.216. The Labute approximate surface area is 140 Å². The van der Waals surface area contributed by atoms with Crippen molar-refractivity contribution in [1.82, 2.24) is 14.7 Å². The normalized spacial score (nSPS) is 23.9. The monoisotopic (exact) mass is 315 g/mol. The maximum absolute atomic E-state index is 12.8. The molecule has 2 aliphatic rings. The third-order valence-electron chi connectivity index (χ3n) is 5.28. The van der Waals surface area contributed by atoms with Gasteiger partial charge in [-0.25, -0.2) is 0 Å². The summed E-state index contributed by atoms with van der Waals surface area (Å²) in [5, 5.41) is 0. The molecule has 1 aromatic carbocycles. The van der Waals surface area contributed by atoms with Crippen molar-refractivity contribution in [1.29, 1.82) is 0 Å². The lowest BCUT2D eigenvalue weighted by molar-refractivity contribution is 0.0570. The van der Waals surface area contributed by atoms with Gasteiger partial charge in [0.15, 0.2) is 0 Å². The van der Waals surface area contributed by atoms with Crippen molar-refractivity contribution in [3.8, 4) is 0 Å². The summed E-state index contributed by atoms with van der Waals surface area (Å²) < 4.78 is 0. The Morgan fingerprint density at radius 2 is 1.78 bits per heavy atom. The van der Waals surface area contributed by atoms with Crippen LogP contribution in [0.2, 0.25) is 0 Å². The van der Waals surface area contributed by atoms with Crippen LogP contribution in [0, 0.1) is 0 Å². The minimum absolute atomic E-state index is 0.216. The fourth-order valence-electron chi connectivity index (χ4n) is 3.72. The average molecular weight is 315 g/mol. The van der Waals surface area contributed by atoms with Gasteiger partial charge in [0.25, 0.3) is 5.91 Å². The Kier molecular flexibility index (Phi) is 5.68. The zero-order valence-corrected chi connectivity index (χ0v) is 14.3. The molecule has 0 spiro atoms. The molecule has 0 N–H and O–H groups in total. The number of hydrogen-bond donors (Lipinski definition) is 0. The van der Waals surface area contributed by atoms with E-state index in [0.717, 1.165) is 64.1 Å². The highest BCUT2D eigenvalue weighted by molar-refractivity contribution is 5.94. The van der Waals surface area contributed by atoms with E-state index < -0.39 is 0 Å². The van der Waals surface area contributed by atoms with E-state index in [2.05, 4.69) is 21.7 Å². The molecule has 0 unspecified atom stereocenters. The highest BCUT2D eigenvalue weighted by Gasteiger charge is 2.27. The minimum atomic E-state index is 0.216. The predicted molar refractivity (Wildman–Crippen MR) is 93.7 cm³/mol. The van der Waals surface area contributed by atoms with Crippen molar-refractivity contribution in [3.63, 3.8) is 0 Å². The van der Waals surface area contributed by atoms with Gasteiger partial charge in [-0.15, -0.1) is 0 Å². The molecule has 4 heteroatoms. The number of rotatable bonds is 4. The van der Waals surface area contributed by atoms with Crippen LogP contribution < -0.4 is 0 Å². The molecule has 23 heavy (non-hydrogen) atoms. The van der Waals surface area contributed by atoms with Crippen molar-refractivity contribution in [3.05, 3.63) is 35.9 Å². The van der Waals surface area contributed by atoms with Crippen LogP contribution in [0.3, 0.4) is 0 Å². The van der Waals surface area contributed by atoms with E-state index in [0.29, 0.717) is 6.04 Å². The summed E-state index contributed by atoms with van der Waals surface area (Å²) in [6.45, 7) is 6.69. The zero-order chi connectivity index (χ0) is 16.1. The van der Waals surface area contributed by atoms with Gasteiger partial charge in [0.05, 0.1) is 0 Å². The van der Waals surface area contributed by atoms with Crippen LogP contribution in [0.4, 0.5) is 0 Å². The molecule has 126 valence electrons. The van der Waals surface area contributed by atoms with E-state index in [-0.39, 0.29) is 5.91 Å². The van der Waals surface area contributed by atoms with E-state index in [9.17, 15) is 4.79 Å². The van der Waals surface area contributed by atoms with Crippen molar-refractivity contribution in [2.24, 2.45) is 0 Å². The molecule has 0 aromatic heterocycles. The molecule has 1 aromatic rings. The first-order valence-electron chi connectivity index (χ1n) is 9.01. The van der Waals surface area contributed by atoms with Crippen LogP contribution in [0.25, 0.3) is 0 Å². The van der Waals surface area contributed by atoms with Gasteiger partial charge in [0.2, 0.25) is 0 Å². The maximum Gasteiger partial charge on any atom is 0.254 e. The topological polar surface area (TPSA) is 26.8 Å². The number of likely N-dealkylation sites (tertiary alicyclic amines) is 1. The smallest absolute Gasteiger partial charge is 0.254 e. The molecule has 2 heterocycles. The van der Waals surface area contributed by atoms with Crippen molar-refractivity contribution in [2.75, 3.05) is 46.3 Å². The second kappa shape index (κ2) is 7.93. The lowest BCUT2D eigenvalue weighted by atomic mass is 9.97. The lowest BCUT2D eigenvalue weighted by Gasteiger charge is -2.38. The number of carbonyl (C=O) groups is 1. The summed E-state index contributed by atoms with van der Waals surface area (Å²) >= 11 is 0. The van der Waals surface area contributed by atoms with E-state index >= 15 is 0 Å². The summed E-state index contributed by atoms with van der Waals surface area (Å²) in [4.78, 5) is 19.9. The Morgan fingerprint density at radius 1 is 1.04 bits per heavy atom. The first kappa shape index (κ1) is 16.5. The van der Waals surface area contributed by atoms with Crippen LogP contribution in [-0.4, -0.2) is 73.0 Å². The largest absolute Gasteiger partial charge is 0.336 e. The van der Waals surface area contributed by atoms with E-state index in [4.69, 9.17) is 0 Å². The fourth-order valence-corrected chi connectivity index (χ4v) is 3.72. The molecular weight excluding hydrogens is 286 g/mol. The van der Waals surface area contributed by atoms with Gasteiger partial charge in [0, 0.05) is 50.9 Å². The number of hydrogen-bond acceptors (Lipinski definition) is 3. The number of piperidine rings is 1. The minimum Gasteiger partial charge on any atom is -0.336 e. The van der Waals surface area contributed by atoms with Gasteiger partial charge in [0.1, 0.15) is 0 Å². The van der Waals surface area contributed by atoms with Crippen LogP contribution in [0.15, 0.2) is 30.3 Å². The summed E-state index contributed by atoms with van der Waals surface area (Å²) in [5.41, 5.74) is 0.832. The molecule has 2 aliphatic heterocycles. The Morgan fingerprint density at radius 3 is 2.52 bits per heavy atom. The number of piperazine rings is 1. The van der Waals surface area contributed by atoms with Gasteiger partial charge < -0.3 is 14.7 Å². The van der Waals surface area contributed by atoms with E-state index in [1.807, 2.05) is 30.3 Å². The van der Waals surface area contributed by atoms with Gasteiger partial charge in [-0.3, -0.25) is 4.79 Å². The Hall–Kier alpha value is -1.39. The van der Waals surface area contributed by atoms with E-state index in [1.165, 1.54) is 6.42 Å². The molecule has 0 bridgehead atoms. The Balaban J connectivity index is 1.57. The van der Waals surface area contributed by atoms with Gasteiger partial charge in [-0.1, -0.05) is 18.2 Å². The molecule has 3 rings (SSSR count). The molecule has 2 fully saturated rings. The first-order valence-corrected chi connectivity index (χ1v) is 9.01. The molecular formula is C19H29N3O. The molecule has 4 nitrogen and oxygen atoms in total. The number of benzene rings is 1. The van der Waals surface area contributed by atoms with Crippen LogP contribution in [-0.2, 0) is 0 Å². The average Bonchev–Trinajstić information content (AvgIpc) is 2.62. The second-order valence-corrected chi connectivity index (χ2v) is 6.95. The molecule has 1 atom stereocenters. The summed E-state index contributed by atoms with van der Waals surface area (Å²) in [7, 11) is 2.19. The number of likely N-dealkylation sites (N-methyl/N-ethyl adjacent to an activating group) is 1. The van der Waals surface area contributed by atoms with Gasteiger partial charge in [-0.05, 0) is 44.9 Å². The number of nitrogens with zero attached hydrogens (tertiary/aromatic N) is 3.